The van der Waals surface area contributed by atoms with Crippen LogP contribution in [-0.4, -0.2) is 25.0 Å². The topological polar surface area (TPSA) is 91.2 Å². The van der Waals surface area contributed by atoms with Gasteiger partial charge in [0, 0.05) is 13.0 Å². The number of carbonyl (C=O) groups is 2. The maximum absolute atomic E-state index is 12.1. The summed E-state index contributed by atoms with van der Waals surface area (Å²) in [5.74, 6) is -0.710. The minimum atomic E-state index is -0.473. The summed E-state index contributed by atoms with van der Waals surface area (Å²) in [5.41, 5.74) is 1.95. The van der Waals surface area contributed by atoms with Gasteiger partial charge in [-0.2, -0.15) is 5.26 Å². The van der Waals surface area contributed by atoms with Gasteiger partial charge in [-0.25, -0.2) is 4.79 Å². The van der Waals surface area contributed by atoms with Gasteiger partial charge in [0.1, 0.15) is 6.07 Å². The lowest BCUT2D eigenvalue weighted by atomic mass is 10.1. The molecule has 0 radical (unpaired) electrons. The molecule has 2 N–H and O–H groups in total. The van der Waals surface area contributed by atoms with Crippen molar-refractivity contribution in [3.05, 3.63) is 59.7 Å². The summed E-state index contributed by atoms with van der Waals surface area (Å²) in [6.07, 6.45) is 0.191. The second kappa shape index (κ2) is 9.08. The molecular formula is C19H19N3O3. The van der Waals surface area contributed by atoms with Crippen LogP contribution in [0.3, 0.4) is 0 Å². The van der Waals surface area contributed by atoms with Gasteiger partial charge in [-0.3, -0.25) is 4.79 Å². The molecule has 2 aromatic carbocycles. The predicted molar refractivity (Wildman–Crippen MR) is 95.3 cm³/mol. The molecule has 0 unspecified atom stereocenters. The zero-order chi connectivity index (χ0) is 18.1. The lowest BCUT2D eigenvalue weighted by Gasteiger charge is -2.11. The van der Waals surface area contributed by atoms with Crippen molar-refractivity contribution >= 4 is 23.3 Å². The number of para-hydroxylation sites is 2. The minimum Gasteiger partial charge on any atom is -0.462 e. The van der Waals surface area contributed by atoms with Crippen LogP contribution in [0.25, 0.3) is 0 Å². The molecule has 0 aliphatic heterocycles. The van der Waals surface area contributed by atoms with Crippen LogP contribution < -0.4 is 10.6 Å². The first kappa shape index (κ1) is 18.0. The van der Waals surface area contributed by atoms with Crippen molar-refractivity contribution in [3.8, 4) is 6.07 Å². The van der Waals surface area contributed by atoms with Crippen LogP contribution in [0.4, 0.5) is 11.4 Å². The highest BCUT2D eigenvalue weighted by molar-refractivity contribution is 6.01. The summed E-state index contributed by atoms with van der Waals surface area (Å²) in [6, 6.07) is 15.9. The molecule has 0 atom stereocenters. The number of anilines is 2. The summed E-state index contributed by atoms with van der Waals surface area (Å²) in [4.78, 5) is 24.0. The van der Waals surface area contributed by atoms with Crippen molar-refractivity contribution in [2.45, 2.75) is 13.3 Å². The summed E-state index contributed by atoms with van der Waals surface area (Å²) in [5, 5.41) is 14.8. The van der Waals surface area contributed by atoms with Crippen molar-refractivity contribution in [1.29, 1.82) is 5.26 Å². The van der Waals surface area contributed by atoms with E-state index in [9.17, 15) is 9.59 Å². The fourth-order valence-corrected chi connectivity index (χ4v) is 2.24. The van der Waals surface area contributed by atoms with E-state index in [1.54, 1.807) is 49.4 Å². The Morgan fingerprint density at radius 2 is 1.76 bits per heavy atom. The highest BCUT2D eigenvalue weighted by atomic mass is 16.5. The zero-order valence-electron chi connectivity index (χ0n) is 13.9. The van der Waals surface area contributed by atoms with Crippen LogP contribution in [-0.2, 0) is 9.53 Å². The zero-order valence-corrected chi connectivity index (χ0v) is 13.9. The second-order valence-corrected chi connectivity index (χ2v) is 5.15. The Hall–Kier alpha value is -3.33. The van der Waals surface area contributed by atoms with Crippen molar-refractivity contribution in [2.75, 3.05) is 23.8 Å². The van der Waals surface area contributed by atoms with Crippen molar-refractivity contribution < 1.29 is 14.3 Å². The molecule has 0 saturated carbocycles. The number of ether oxygens (including phenoxy) is 1. The number of hydrogen-bond donors (Lipinski definition) is 2. The van der Waals surface area contributed by atoms with Gasteiger partial charge in [0.2, 0.25) is 5.91 Å². The molecule has 2 aromatic rings. The maximum atomic E-state index is 12.1. The molecule has 0 fully saturated rings. The van der Waals surface area contributed by atoms with Crippen LogP contribution in [0, 0.1) is 11.3 Å². The fraction of sp³-hybridized carbons (Fsp3) is 0.211. The molecule has 0 heterocycles. The van der Waals surface area contributed by atoms with Gasteiger partial charge in [-0.15, -0.1) is 0 Å². The van der Waals surface area contributed by atoms with Gasteiger partial charge in [-0.1, -0.05) is 24.3 Å². The SMILES string of the molecule is CCOC(=O)c1ccccc1NC(=O)CCNc1ccccc1C#N. The van der Waals surface area contributed by atoms with Gasteiger partial charge >= 0.3 is 5.97 Å². The van der Waals surface area contributed by atoms with Crippen LogP contribution in [0.1, 0.15) is 29.3 Å². The Bertz CT molecular complexity index is 796. The average Bonchev–Trinajstić information content (AvgIpc) is 2.62. The molecule has 25 heavy (non-hydrogen) atoms. The molecule has 1 amide bonds. The summed E-state index contributed by atoms with van der Waals surface area (Å²) in [6.45, 7) is 2.36. The highest BCUT2D eigenvalue weighted by Gasteiger charge is 2.13. The average molecular weight is 337 g/mol. The monoisotopic (exact) mass is 337 g/mol. The number of amides is 1. The summed E-state index contributed by atoms with van der Waals surface area (Å²) < 4.78 is 4.98. The molecule has 0 bridgehead atoms. The van der Waals surface area contributed by atoms with Crippen molar-refractivity contribution in [1.82, 2.24) is 0 Å². The molecule has 0 saturated heterocycles. The van der Waals surface area contributed by atoms with E-state index in [0.29, 0.717) is 29.0 Å². The third kappa shape index (κ3) is 5.08. The maximum Gasteiger partial charge on any atom is 0.340 e. The first-order valence-corrected chi connectivity index (χ1v) is 7.94. The highest BCUT2D eigenvalue weighted by Crippen LogP contribution is 2.17. The normalized spacial score (nSPS) is 9.76. The Labute approximate surface area is 146 Å². The van der Waals surface area contributed by atoms with Gasteiger partial charge in [-0.05, 0) is 31.2 Å². The minimum absolute atomic E-state index is 0.191. The lowest BCUT2D eigenvalue weighted by Crippen LogP contribution is -2.18. The molecular weight excluding hydrogens is 318 g/mol. The van der Waals surface area contributed by atoms with Crippen LogP contribution in [0.15, 0.2) is 48.5 Å². The third-order valence-corrected chi connectivity index (χ3v) is 3.41. The van der Waals surface area contributed by atoms with Crippen molar-refractivity contribution in [2.24, 2.45) is 0 Å². The van der Waals surface area contributed by atoms with Crippen molar-refractivity contribution in [3.63, 3.8) is 0 Å². The fourth-order valence-electron chi connectivity index (χ4n) is 2.24. The molecule has 6 heteroatoms. The quantitative estimate of drug-likeness (QED) is 0.757. The number of nitriles is 1. The molecule has 128 valence electrons. The molecule has 0 spiro atoms. The predicted octanol–water partition coefficient (Wildman–Crippen LogP) is 3.18. The lowest BCUT2D eigenvalue weighted by molar-refractivity contribution is -0.115. The first-order valence-electron chi connectivity index (χ1n) is 7.94. The molecule has 6 nitrogen and oxygen atoms in total. The van der Waals surface area contributed by atoms with E-state index in [0.717, 1.165) is 0 Å². The standard InChI is InChI=1S/C19H19N3O3/c1-2-25-19(24)15-8-4-6-10-17(15)22-18(23)11-12-21-16-9-5-3-7-14(16)13-20/h3-10,21H,2,11-12H2,1H3,(H,22,23). The number of rotatable bonds is 7. The van der Waals surface area contributed by atoms with Crippen LogP contribution in [0.5, 0.6) is 0 Å². The van der Waals surface area contributed by atoms with E-state index in [-0.39, 0.29) is 18.9 Å². The molecule has 0 aliphatic carbocycles. The summed E-state index contributed by atoms with van der Waals surface area (Å²) in [7, 11) is 0. The number of nitrogens with one attached hydrogen (secondary N) is 2. The smallest absolute Gasteiger partial charge is 0.340 e. The Morgan fingerprint density at radius 1 is 1.08 bits per heavy atom. The van der Waals surface area contributed by atoms with Crippen LogP contribution >= 0.6 is 0 Å². The molecule has 0 aliphatic rings. The summed E-state index contributed by atoms with van der Waals surface area (Å²) >= 11 is 0. The largest absolute Gasteiger partial charge is 0.462 e. The second-order valence-electron chi connectivity index (χ2n) is 5.15. The molecule has 2 rings (SSSR count). The number of hydrogen-bond acceptors (Lipinski definition) is 5. The van der Waals surface area contributed by atoms with Gasteiger partial charge in [0.25, 0.3) is 0 Å². The van der Waals surface area contributed by atoms with Gasteiger partial charge in [0.05, 0.1) is 29.1 Å². The Balaban J connectivity index is 1.93. The Morgan fingerprint density at radius 3 is 2.48 bits per heavy atom. The van der Waals surface area contributed by atoms with Crippen LogP contribution in [0.2, 0.25) is 0 Å². The van der Waals surface area contributed by atoms with E-state index < -0.39 is 5.97 Å². The van der Waals surface area contributed by atoms with E-state index in [2.05, 4.69) is 16.7 Å². The number of carbonyl (C=O) groups excluding carboxylic acids is 2. The van der Waals surface area contributed by atoms with E-state index in [1.807, 2.05) is 6.07 Å². The van der Waals surface area contributed by atoms with E-state index >= 15 is 0 Å². The number of nitrogens with zero attached hydrogens (tertiary/aromatic N) is 1. The Kier molecular flexibility index (Phi) is 6.55. The number of benzene rings is 2. The molecule has 0 aromatic heterocycles. The van der Waals surface area contributed by atoms with E-state index in [4.69, 9.17) is 10.00 Å². The number of esters is 1. The first-order chi connectivity index (χ1) is 12.2. The van der Waals surface area contributed by atoms with Gasteiger partial charge in [0.15, 0.2) is 0 Å². The van der Waals surface area contributed by atoms with E-state index in [1.165, 1.54) is 0 Å². The van der Waals surface area contributed by atoms with Gasteiger partial charge < -0.3 is 15.4 Å². The third-order valence-electron chi connectivity index (χ3n) is 3.41.